The lowest BCUT2D eigenvalue weighted by Crippen LogP contribution is -2.20. The molecule has 0 atom stereocenters. The number of ether oxygens (including phenoxy) is 2. The van der Waals surface area contributed by atoms with E-state index in [-0.39, 0.29) is 30.8 Å². The van der Waals surface area contributed by atoms with E-state index in [2.05, 4.69) is 10.6 Å². The highest BCUT2D eigenvalue weighted by molar-refractivity contribution is 5.95. The summed E-state index contributed by atoms with van der Waals surface area (Å²) in [6.45, 7) is -0.174. The van der Waals surface area contributed by atoms with Crippen molar-refractivity contribution < 1.29 is 19.1 Å². The number of carbonyl (C=O) groups is 2. The minimum Gasteiger partial charge on any atom is -0.493 e. The van der Waals surface area contributed by atoms with Crippen molar-refractivity contribution in [2.24, 2.45) is 0 Å². The second-order valence-corrected chi connectivity index (χ2v) is 8.19. The molecule has 0 bridgehead atoms. The molecule has 0 unspecified atom stereocenters. The van der Waals surface area contributed by atoms with Crippen LogP contribution in [0, 0.1) is 0 Å². The van der Waals surface area contributed by atoms with Gasteiger partial charge in [0.25, 0.3) is 5.91 Å². The van der Waals surface area contributed by atoms with Crippen LogP contribution in [-0.4, -0.2) is 25.5 Å². The zero-order valence-corrected chi connectivity index (χ0v) is 20.0. The summed E-state index contributed by atoms with van der Waals surface area (Å²) < 4.78 is 10.8. The van der Waals surface area contributed by atoms with Gasteiger partial charge in [0.15, 0.2) is 18.1 Å². The van der Waals surface area contributed by atoms with Crippen LogP contribution in [0.1, 0.15) is 23.5 Å². The topological polar surface area (TPSA) is 76.7 Å². The first-order valence-corrected chi connectivity index (χ1v) is 11.7. The highest BCUT2D eigenvalue weighted by Gasteiger charge is 2.18. The molecular weight excluding hydrogens is 452 g/mol. The van der Waals surface area contributed by atoms with Crippen molar-refractivity contribution in [3.05, 3.63) is 120 Å². The first-order chi connectivity index (χ1) is 17.6. The molecule has 6 heteroatoms. The fraction of sp³-hybridized carbons (Fsp3) is 0.133. The van der Waals surface area contributed by atoms with Crippen molar-refractivity contribution in [1.29, 1.82) is 0 Å². The summed E-state index contributed by atoms with van der Waals surface area (Å²) in [5.41, 5.74) is 3.32. The Hall–Kier alpha value is -4.58. The predicted octanol–water partition coefficient (Wildman–Crippen LogP) is 5.87. The fourth-order valence-corrected chi connectivity index (χ4v) is 3.95. The molecule has 6 nitrogen and oxygen atoms in total. The zero-order chi connectivity index (χ0) is 25.2. The summed E-state index contributed by atoms with van der Waals surface area (Å²) in [6, 6.07) is 34.2. The van der Waals surface area contributed by atoms with E-state index in [9.17, 15) is 9.59 Å². The van der Waals surface area contributed by atoms with Gasteiger partial charge in [-0.3, -0.25) is 9.59 Å². The Kier molecular flexibility index (Phi) is 8.33. The Morgan fingerprint density at radius 2 is 1.19 bits per heavy atom. The Morgan fingerprint density at radius 3 is 1.78 bits per heavy atom. The first-order valence-electron chi connectivity index (χ1n) is 11.7. The van der Waals surface area contributed by atoms with Crippen LogP contribution in [-0.2, 0) is 9.59 Å². The summed E-state index contributed by atoms with van der Waals surface area (Å²) in [5.74, 6) is 0.539. The molecule has 0 aliphatic heterocycles. The number of amides is 2. The molecule has 4 rings (SSSR count). The third-order valence-corrected chi connectivity index (χ3v) is 5.65. The van der Waals surface area contributed by atoms with Crippen LogP contribution in [0.4, 0.5) is 11.4 Å². The second-order valence-electron chi connectivity index (χ2n) is 8.19. The highest BCUT2D eigenvalue weighted by atomic mass is 16.5. The maximum atomic E-state index is 13.0. The average molecular weight is 481 g/mol. The van der Waals surface area contributed by atoms with Crippen LogP contribution in [0.2, 0.25) is 0 Å². The van der Waals surface area contributed by atoms with Gasteiger partial charge in [0, 0.05) is 23.7 Å². The van der Waals surface area contributed by atoms with Gasteiger partial charge < -0.3 is 20.1 Å². The molecule has 0 aliphatic rings. The van der Waals surface area contributed by atoms with E-state index in [1.54, 1.807) is 43.5 Å². The number of carbonyl (C=O) groups excluding carboxylic acids is 2. The molecule has 0 aromatic heterocycles. The standard InChI is InChI=1S/C30H28N2O4/c1-35-27-17-8-9-18-28(27)36-21-30(34)32-25-16-10-15-24(19-25)31-29(33)20-26(22-11-4-2-5-12-22)23-13-6-3-7-14-23/h2-19,26H,20-21H2,1H3,(H,31,33)(H,32,34). The van der Waals surface area contributed by atoms with Crippen molar-refractivity contribution in [1.82, 2.24) is 0 Å². The molecule has 0 fully saturated rings. The minimum atomic E-state index is -0.322. The van der Waals surface area contributed by atoms with E-state index in [0.717, 1.165) is 11.1 Å². The van der Waals surface area contributed by atoms with E-state index in [4.69, 9.17) is 9.47 Å². The SMILES string of the molecule is COc1ccccc1OCC(=O)Nc1cccc(NC(=O)CC(c2ccccc2)c2ccccc2)c1. The Morgan fingerprint density at radius 1 is 0.667 bits per heavy atom. The van der Waals surface area contributed by atoms with E-state index >= 15 is 0 Å². The molecule has 2 amide bonds. The van der Waals surface area contributed by atoms with Crippen LogP contribution in [0.25, 0.3) is 0 Å². The molecule has 0 saturated heterocycles. The fourth-order valence-electron chi connectivity index (χ4n) is 3.95. The summed E-state index contributed by atoms with van der Waals surface area (Å²) >= 11 is 0. The van der Waals surface area contributed by atoms with Crippen molar-refractivity contribution in [3.8, 4) is 11.5 Å². The number of rotatable bonds is 10. The van der Waals surface area contributed by atoms with Gasteiger partial charge in [-0.2, -0.15) is 0 Å². The lowest BCUT2D eigenvalue weighted by molar-refractivity contribution is -0.118. The summed E-state index contributed by atoms with van der Waals surface area (Å²) in [5, 5.41) is 5.76. The maximum Gasteiger partial charge on any atom is 0.262 e. The number of hydrogen-bond donors (Lipinski definition) is 2. The van der Waals surface area contributed by atoms with Gasteiger partial charge in [-0.05, 0) is 41.5 Å². The maximum absolute atomic E-state index is 13.0. The van der Waals surface area contributed by atoms with E-state index in [1.807, 2.05) is 72.8 Å². The molecule has 4 aromatic rings. The monoisotopic (exact) mass is 480 g/mol. The molecule has 0 aliphatic carbocycles. The van der Waals surface area contributed by atoms with Gasteiger partial charge in [0.1, 0.15) is 0 Å². The molecule has 2 N–H and O–H groups in total. The van der Waals surface area contributed by atoms with E-state index < -0.39 is 0 Å². The van der Waals surface area contributed by atoms with E-state index in [1.165, 1.54) is 0 Å². The van der Waals surface area contributed by atoms with Crippen molar-refractivity contribution >= 4 is 23.2 Å². The number of methoxy groups -OCH3 is 1. The molecule has 4 aromatic carbocycles. The van der Waals surface area contributed by atoms with Gasteiger partial charge in [-0.15, -0.1) is 0 Å². The van der Waals surface area contributed by atoms with Gasteiger partial charge >= 0.3 is 0 Å². The van der Waals surface area contributed by atoms with Crippen molar-refractivity contribution in [2.75, 3.05) is 24.4 Å². The largest absolute Gasteiger partial charge is 0.493 e. The highest BCUT2D eigenvalue weighted by Crippen LogP contribution is 2.29. The minimum absolute atomic E-state index is 0.0672. The lowest BCUT2D eigenvalue weighted by Gasteiger charge is -2.18. The first kappa shape index (κ1) is 24.5. The van der Waals surface area contributed by atoms with E-state index in [0.29, 0.717) is 22.9 Å². The van der Waals surface area contributed by atoms with Crippen LogP contribution in [0.15, 0.2) is 109 Å². The normalized spacial score (nSPS) is 10.5. The third-order valence-electron chi connectivity index (χ3n) is 5.65. The number of para-hydroxylation sites is 2. The second kappa shape index (κ2) is 12.2. The van der Waals surface area contributed by atoms with Crippen LogP contribution in [0.5, 0.6) is 11.5 Å². The average Bonchev–Trinajstić information content (AvgIpc) is 2.92. The van der Waals surface area contributed by atoms with Gasteiger partial charge in [-0.25, -0.2) is 0 Å². The Balaban J connectivity index is 1.37. The van der Waals surface area contributed by atoms with Gasteiger partial charge in [0.2, 0.25) is 5.91 Å². The number of hydrogen-bond acceptors (Lipinski definition) is 4. The molecule has 182 valence electrons. The Bertz CT molecular complexity index is 1250. The van der Waals surface area contributed by atoms with Crippen LogP contribution >= 0.6 is 0 Å². The lowest BCUT2D eigenvalue weighted by atomic mass is 9.88. The molecule has 36 heavy (non-hydrogen) atoms. The molecule has 0 radical (unpaired) electrons. The smallest absolute Gasteiger partial charge is 0.262 e. The van der Waals surface area contributed by atoms with Crippen LogP contribution < -0.4 is 20.1 Å². The quantitative estimate of drug-likeness (QED) is 0.297. The summed E-state index contributed by atoms with van der Waals surface area (Å²) in [7, 11) is 1.55. The number of nitrogens with one attached hydrogen (secondary N) is 2. The summed E-state index contributed by atoms with van der Waals surface area (Å²) in [6.07, 6.45) is 0.289. The third kappa shape index (κ3) is 6.73. The molecule has 0 saturated carbocycles. The molecular formula is C30H28N2O4. The van der Waals surface area contributed by atoms with Crippen molar-refractivity contribution in [2.45, 2.75) is 12.3 Å². The number of benzene rings is 4. The van der Waals surface area contributed by atoms with Crippen molar-refractivity contribution in [3.63, 3.8) is 0 Å². The van der Waals surface area contributed by atoms with Gasteiger partial charge in [-0.1, -0.05) is 78.9 Å². The number of anilines is 2. The zero-order valence-electron chi connectivity index (χ0n) is 20.0. The van der Waals surface area contributed by atoms with Crippen LogP contribution in [0.3, 0.4) is 0 Å². The Labute approximate surface area is 210 Å². The predicted molar refractivity (Wildman–Crippen MR) is 142 cm³/mol. The molecule has 0 heterocycles. The molecule has 0 spiro atoms. The van der Waals surface area contributed by atoms with Gasteiger partial charge in [0.05, 0.1) is 7.11 Å². The summed E-state index contributed by atoms with van der Waals surface area (Å²) in [4.78, 5) is 25.4.